The van der Waals surface area contributed by atoms with Gasteiger partial charge in [-0.1, -0.05) is 0 Å². The van der Waals surface area contributed by atoms with E-state index in [0.29, 0.717) is 28.6 Å². The SMILES string of the molecule is Cc1sc(C)c(C2=C(c3c(C)sc(I)c3C)C(F)(F)C(F)(F)C2(F)F)c1C. The molecule has 3 rings (SSSR count). The lowest BCUT2D eigenvalue weighted by Gasteiger charge is -2.26. The molecule has 9 heteroatoms. The number of aryl methyl sites for hydroxylation is 3. The van der Waals surface area contributed by atoms with Crippen molar-refractivity contribution in [1.29, 1.82) is 0 Å². The molecule has 148 valence electrons. The van der Waals surface area contributed by atoms with Crippen LogP contribution in [0.4, 0.5) is 26.3 Å². The van der Waals surface area contributed by atoms with Crippen LogP contribution in [0.5, 0.6) is 0 Å². The highest BCUT2D eigenvalue weighted by Crippen LogP contribution is 2.66. The Kier molecular flexibility index (Phi) is 4.88. The predicted octanol–water partition coefficient (Wildman–Crippen LogP) is 7.79. The van der Waals surface area contributed by atoms with Crippen molar-refractivity contribution in [3.63, 3.8) is 0 Å². The second-order valence-corrected chi connectivity index (χ2v) is 11.1. The maximum atomic E-state index is 14.9. The van der Waals surface area contributed by atoms with Gasteiger partial charge >= 0.3 is 17.8 Å². The molecule has 0 N–H and O–H groups in total. The predicted molar refractivity (Wildman–Crippen MR) is 107 cm³/mol. The van der Waals surface area contributed by atoms with Crippen LogP contribution in [0, 0.1) is 37.5 Å². The molecule has 0 bridgehead atoms. The molecule has 2 aromatic rings. The number of alkyl halides is 6. The summed E-state index contributed by atoms with van der Waals surface area (Å²) in [6.07, 6.45) is 0. The quantitative estimate of drug-likeness (QED) is 0.272. The fourth-order valence-electron chi connectivity index (χ4n) is 3.54. The van der Waals surface area contributed by atoms with Crippen molar-refractivity contribution < 1.29 is 26.3 Å². The Hall–Kier alpha value is -0.550. The van der Waals surface area contributed by atoms with E-state index in [2.05, 4.69) is 0 Å². The summed E-state index contributed by atoms with van der Waals surface area (Å²) in [7, 11) is 0. The van der Waals surface area contributed by atoms with Crippen molar-refractivity contribution in [1.82, 2.24) is 0 Å². The van der Waals surface area contributed by atoms with E-state index in [1.807, 2.05) is 22.6 Å². The van der Waals surface area contributed by atoms with Gasteiger partial charge in [0.05, 0.1) is 2.88 Å². The minimum absolute atomic E-state index is 0.186. The van der Waals surface area contributed by atoms with E-state index < -0.39 is 28.9 Å². The van der Waals surface area contributed by atoms with Crippen LogP contribution in [-0.4, -0.2) is 17.8 Å². The molecular weight excluding hydrogens is 521 g/mol. The molecule has 0 unspecified atom stereocenters. The zero-order valence-corrected chi connectivity index (χ0v) is 18.8. The molecule has 0 nitrogen and oxygen atoms in total. The normalized spacial score (nSPS) is 20.6. The maximum Gasteiger partial charge on any atom is 0.380 e. The first kappa shape index (κ1) is 21.2. The molecule has 0 radical (unpaired) electrons. The Morgan fingerprint density at radius 2 is 1.04 bits per heavy atom. The Labute approximate surface area is 174 Å². The monoisotopic (exact) mass is 536 g/mol. The largest absolute Gasteiger partial charge is 0.380 e. The highest BCUT2D eigenvalue weighted by Gasteiger charge is 2.80. The van der Waals surface area contributed by atoms with E-state index in [0.717, 1.165) is 22.7 Å². The highest BCUT2D eigenvalue weighted by atomic mass is 127. The van der Waals surface area contributed by atoms with Crippen LogP contribution >= 0.6 is 45.3 Å². The zero-order valence-electron chi connectivity index (χ0n) is 15.0. The molecular formula is C18H15F6IS2. The van der Waals surface area contributed by atoms with Gasteiger partial charge in [0.2, 0.25) is 0 Å². The summed E-state index contributed by atoms with van der Waals surface area (Å²) in [6.45, 7) is 7.63. The molecule has 0 aromatic carbocycles. The number of allylic oxidation sites excluding steroid dienone is 2. The van der Waals surface area contributed by atoms with Gasteiger partial charge in [0.1, 0.15) is 0 Å². The van der Waals surface area contributed by atoms with Crippen molar-refractivity contribution in [3.05, 3.63) is 39.8 Å². The fourth-order valence-corrected chi connectivity index (χ4v) is 6.75. The summed E-state index contributed by atoms with van der Waals surface area (Å²) in [5, 5.41) is 0. The molecule has 1 aliphatic rings. The Balaban J connectivity index is 2.55. The highest BCUT2D eigenvalue weighted by molar-refractivity contribution is 14.1. The molecule has 0 saturated heterocycles. The van der Waals surface area contributed by atoms with E-state index in [1.165, 1.54) is 27.7 Å². The van der Waals surface area contributed by atoms with Gasteiger partial charge in [0, 0.05) is 36.9 Å². The number of rotatable bonds is 2. The lowest BCUT2D eigenvalue weighted by atomic mass is 9.91. The van der Waals surface area contributed by atoms with Crippen LogP contribution in [0.3, 0.4) is 0 Å². The minimum atomic E-state index is -5.51. The first-order valence-electron chi connectivity index (χ1n) is 7.89. The van der Waals surface area contributed by atoms with Crippen LogP contribution in [0.15, 0.2) is 0 Å². The van der Waals surface area contributed by atoms with Crippen LogP contribution < -0.4 is 0 Å². The summed E-state index contributed by atoms with van der Waals surface area (Å²) in [5.41, 5.74) is -2.20. The van der Waals surface area contributed by atoms with Gasteiger partial charge in [0.15, 0.2) is 0 Å². The fraction of sp³-hybridized carbons (Fsp3) is 0.444. The van der Waals surface area contributed by atoms with Crippen LogP contribution in [-0.2, 0) is 0 Å². The van der Waals surface area contributed by atoms with Crippen LogP contribution in [0.1, 0.15) is 36.9 Å². The van der Waals surface area contributed by atoms with Gasteiger partial charge in [0.25, 0.3) is 0 Å². The summed E-state index contributed by atoms with van der Waals surface area (Å²) in [6, 6.07) is 0. The lowest BCUT2D eigenvalue weighted by Crippen LogP contribution is -2.49. The zero-order chi connectivity index (χ0) is 20.7. The molecule has 0 fully saturated rings. The van der Waals surface area contributed by atoms with Gasteiger partial charge in [-0.15, -0.1) is 22.7 Å². The van der Waals surface area contributed by atoms with Gasteiger partial charge in [-0.05, 0) is 68.3 Å². The number of thiophene rings is 2. The molecule has 0 atom stereocenters. The first-order chi connectivity index (χ1) is 12.2. The summed E-state index contributed by atoms with van der Waals surface area (Å²) in [4.78, 5) is 1.28. The average molecular weight is 536 g/mol. The topological polar surface area (TPSA) is 0 Å². The Morgan fingerprint density at radius 3 is 1.37 bits per heavy atom. The van der Waals surface area contributed by atoms with E-state index in [4.69, 9.17) is 0 Å². The van der Waals surface area contributed by atoms with Crippen LogP contribution in [0.2, 0.25) is 0 Å². The van der Waals surface area contributed by atoms with Gasteiger partial charge < -0.3 is 0 Å². The van der Waals surface area contributed by atoms with Crippen molar-refractivity contribution in [3.8, 4) is 0 Å². The van der Waals surface area contributed by atoms with Crippen molar-refractivity contribution in [2.75, 3.05) is 0 Å². The number of hydrogen-bond acceptors (Lipinski definition) is 2. The second-order valence-electron chi connectivity index (χ2n) is 6.62. The molecule has 2 heterocycles. The smallest absolute Gasteiger partial charge is 0.194 e. The van der Waals surface area contributed by atoms with Gasteiger partial charge in [-0.25, -0.2) is 0 Å². The molecule has 27 heavy (non-hydrogen) atoms. The van der Waals surface area contributed by atoms with Crippen LogP contribution in [0.25, 0.3) is 11.1 Å². The van der Waals surface area contributed by atoms with E-state index >= 15 is 0 Å². The van der Waals surface area contributed by atoms with E-state index in [1.54, 1.807) is 6.92 Å². The second kappa shape index (κ2) is 6.22. The molecule has 1 aliphatic carbocycles. The third kappa shape index (κ3) is 2.59. The molecule has 0 spiro atoms. The maximum absolute atomic E-state index is 14.9. The molecule has 2 aromatic heterocycles. The first-order valence-corrected chi connectivity index (χ1v) is 10.6. The van der Waals surface area contributed by atoms with E-state index in [9.17, 15) is 26.3 Å². The van der Waals surface area contributed by atoms with Gasteiger partial charge in [-0.3, -0.25) is 0 Å². The summed E-state index contributed by atoms with van der Waals surface area (Å²) >= 11 is 4.17. The third-order valence-corrected chi connectivity index (χ3v) is 8.58. The summed E-state index contributed by atoms with van der Waals surface area (Å²) in [5.74, 6) is -15.5. The minimum Gasteiger partial charge on any atom is -0.194 e. The lowest BCUT2D eigenvalue weighted by molar-refractivity contribution is -0.254. The number of hydrogen-bond donors (Lipinski definition) is 0. The standard InChI is InChI=1S/C18H15F6IS2/c1-6-8(3)26-9(4)11(6)13-14(12-7(2)15(25)27-10(12)5)17(21,22)18(23,24)16(13,19)20/h1-5H3. The van der Waals surface area contributed by atoms with Crippen molar-refractivity contribution in [2.45, 2.75) is 52.4 Å². The number of halogens is 7. The Morgan fingerprint density at radius 1 is 0.630 bits per heavy atom. The van der Waals surface area contributed by atoms with E-state index in [-0.39, 0.29) is 11.1 Å². The third-order valence-electron chi connectivity index (χ3n) is 4.99. The molecule has 0 saturated carbocycles. The Bertz CT molecular complexity index is 904. The van der Waals surface area contributed by atoms with Crippen molar-refractivity contribution >= 4 is 56.4 Å². The molecule has 0 amide bonds. The van der Waals surface area contributed by atoms with Gasteiger partial charge in [-0.2, -0.15) is 26.3 Å². The van der Waals surface area contributed by atoms with Crippen molar-refractivity contribution in [2.24, 2.45) is 0 Å². The average Bonchev–Trinajstić information content (AvgIpc) is 2.95. The summed E-state index contributed by atoms with van der Waals surface area (Å²) < 4.78 is 88.8. The molecule has 0 aliphatic heterocycles.